The molecule has 0 aromatic carbocycles. The Labute approximate surface area is 136 Å². The Bertz CT molecular complexity index is 469. The molecule has 1 heteroatoms. The molecule has 0 N–H and O–H groups in total. The van der Waals surface area contributed by atoms with Gasteiger partial charge in [0.05, 0.1) is 0 Å². The Balaban J connectivity index is 1.62. The van der Waals surface area contributed by atoms with Gasteiger partial charge in [0, 0.05) is 12.8 Å². The molecule has 7 atom stereocenters. The lowest BCUT2D eigenvalue weighted by molar-refractivity contribution is -0.139. The van der Waals surface area contributed by atoms with Gasteiger partial charge in [-0.25, -0.2) is 0 Å². The van der Waals surface area contributed by atoms with Crippen LogP contribution in [-0.2, 0) is 4.79 Å². The molecule has 0 aliphatic heterocycles. The third-order valence-corrected chi connectivity index (χ3v) is 9.17. The third-order valence-electron chi connectivity index (χ3n) is 9.17. The molecule has 0 aromatic heterocycles. The predicted molar refractivity (Wildman–Crippen MR) is 90.5 cm³/mol. The molecule has 4 aliphatic rings. The van der Waals surface area contributed by atoms with Crippen LogP contribution < -0.4 is 0 Å². The van der Waals surface area contributed by atoms with Crippen molar-refractivity contribution < 1.29 is 4.79 Å². The summed E-state index contributed by atoms with van der Waals surface area (Å²) in [5, 5.41) is 0. The molecular formula is C21H34O. The smallest absolute Gasteiger partial charge is 0.133 e. The summed E-state index contributed by atoms with van der Waals surface area (Å²) in [5.74, 6) is 5.14. The molecule has 22 heavy (non-hydrogen) atoms. The van der Waals surface area contributed by atoms with Gasteiger partial charge in [-0.05, 0) is 85.4 Å². The fourth-order valence-corrected chi connectivity index (χ4v) is 7.82. The molecule has 1 nitrogen and oxygen atoms in total. The largest absolute Gasteiger partial charge is 0.300 e. The van der Waals surface area contributed by atoms with Gasteiger partial charge in [-0.1, -0.05) is 27.2 Å². The highest BCUT2D eigenvalue weighted by molar-refractivity contribution is 5.79. The van der Waals surface area contributed by atoms with Crippen molar-refractivity contribution >= 4 is 5.78 Å². The molecule has 0 bridgehead atoms. The van der Waals surface area contributed by atoms with Crippen LogP contribution in [0.3, 0.4) is 0 Å². The van der Waals surface area contributed by atoms with E-state index in [1.807, 2.05) is 0 Å². The van der Waals surface area contributed by atoms with E-state index in [1.165, 1.54) is 51.4 Å². The van der Waals surface area contributed by atoms with Gasteiger partial charge in [0.2, 0.25) is 0 Å². The molecule has 4 saturated carbocycles. The minimum atomic E-state index is 0.489. The number of hydrogen-bond acceptors (Lipinski definition) is 1. The maximum Gasteiger partial charge on any atom is 0.133 e. The first kappa shape index (κ1) is 15.2. The molecule has 0 heterocycles. The second-order valence-electron chi connectivity index (χ2n) is 9.63. The normalized spacial score (nSPS) is 54.5. The van der Waals surface area contributed by atoms with Crippen LogP contribution >= 0.6 is 0 Å². The lowest BCUT2D eigenvalue weighted by Crippen LogP contribution is -2.53. The van der Waals surface area contributed by atoms with Crippen LogP contribution in [0.4, 0.5) is 0 Å². The average Bonchev–Trinajstić information content (AvgIpc) is 2.84. The number of carbonyl (C=O) groups is 1. The molecule has 0 spiro atoms. The number of Topliss-reactive ketones (excluding diaryl/α,β-unsaturated/α-hetero) is 1. The van der Waals surface area contributed by atoms with Crippen LogP contribution in [0.1, 0.15) is 85.0 Å². The fourth-order valence-electron chi connectivity index (χ4n) is 7.82. The summed E-state index contributed by atoms with van der Waals surface area (Å²) in [7, 11) is 0. The van der Waals surface area contributed by atoms with Crippen molar-refractivity contribution in [2.24, 2.45) is 40.4 Å². The molecule has 0 unspecified atom stereocenters. The Morgan fingerprint density at radius 3 is 2.50 bits per heavy atom. The first-order valence-corrected chi connectivity index (χ1v) is 10.0. The summed E-state index contributed by atoms with van der Waals surface area (Å²) >= 11 is 0. The molecule has 0 amide bonds. The fraction of sp³-hybridized carbons (Fsp3) is 0.952. The molecule has 4 aliphatic carbocycles. The van der Waals surface area contributed by atoms with Crippen LogP contribution in [0.2, 0.25) is 0 Å². The maximum absolute atomic E-state index is 11.9. The van der Waals surface area contributed by atoms with Crippen LogP contribution in [0, 0.1) is 40.4 Å². The maximum atomic E-state index is 11.9. The van der Waals surface area contributed by atoms with Crippen molar-refractivity contribution in [3.8, 4) is 0 Å². The molecule has 4 fully saturated rings. The van der Waals surface area contributed by atoms with Crippen LogP contribution in [0.5, 0.6) is 0 Å². The van der Waals surface area contributed by atoms with Gasteiger partial charge >= 0.3 is 0 Å². The summed E-state index contributed by atoms with van der Waals surface area (Å²) in [6.45, 7) is 7.61. The zero-order chi connectivity index (χ0) is 15.5. The molecule has 4 rings (SSSR count). The second kappa shape index (κ2) is 5.08. The van der Waals surface area contributed by atoms with Gasteiger partial charge < -0.3 is 0 Å². The lowest BCUT2D eigenvalue weighted by atomic mass is 9.45. The number of carbonyl (C=O) groups excluding carboxylic acids is 1. The highest BCUT2D eigenvalue weighted by Crippen LogP contribution is 2.67. The zero-order valence-electron chi connectivity index (χ0n) is 14.9. The quantitative estimate of drug-likeness (QED) is 0.614. The van der Waals surface area contributed by atoms with Gasteiger partial charge in [0.25, 0.3) is 0 Å². The van der Waals surface area contributed by atoms with E-state index < -0.39 is 0 Å². The van der Waals surface area contributed by atoms with Gasteiger partial charge in [0.1, 0.15) is 5.78 Å². The van der Waals surface area contributed by atoms with E-state index in [9.17, 15) is 4.79 Å². The minimum Gasteiger partial charge on any atom is -0.300 e. The monoisotopic (exact) mass is 302 g/mol. The number of rotatable bonds is 1. The third kappa shape index (κ3) is 1.93. The van der Waals surface area contributed by atoms with Gasteiger partial charge in [-0.3, -0.25) is 4.79 Å². The van der Waals surface area contributed by atoms with E-state index in [-0.39, 0.29) is 0 Å². The molecular weight excluding hydrogens is 268 g/mol. The van der Waals surface area contributed by atoms with Crippen LogP contribution in [0.25, 0.3) is 0 Å². The SMILES string of the molecule is CC[C@@H]1CC[C@@H]2[C@@H]3CC[C@H]4CC(=O)CC[C@]4(C)[C@H]3CC[C@]12C. The molecule has 124 valence electrons. The molecule has 0 radical (unpaired) electrons. The molecule has 0 saturated heterocycles. The van der Waals surface area contributed by atoms with E-state index in [0.29, 0.717) is 22.5 Å². The summed E-state index contributed by atoms with van der Waals surface area (Å²) in [4.78, 5) is 11.9. The predicted octanol–water partition coefficient (Wildman–Crippen LogP) is 5.62. The summed E-state index contributed by atoms with van der Waals surface area (Å²) in [5.41, 5.74) is 1.13. The minimum absolute atomic E-state index is 0.489. The topological polar surface area (TPSA) is 17.1 Å². The Morgan fingerprint density at radius 2 is 1.73 bits per heavy atom. The highest BCUT2D eigenvalue weighted by atomic mass is 16.1. The van der Waals surface area contributed by atoms with Crippen molar-refractivity contribution in [3.05, 3.63) is 0 Å². The number of fused-ring (bicyclic) bond motifs is 5. The molecule has 0 aromatic rings. The Kier molecular flexibility index (Phi) is 3.51. The van der Waals surface area contributed by atoms with Crippen molar-refractivity contribution in [1.29, 1.82) is 0 Å². The average molecular weight is 303 g/mol. The van der Waals surface area contributed by atoms with Gasteiger partial charge in [-0.2, -0.15) is 0 Å². The second-order valence-corrected chi connectivity index (χ2v) is 9.63. The standard InChI is InChI=1S/C21H34O/c1-4-14-6-8-18-17-7-5-15-13-16(22)9-11-21(15,3)19(17)10-12-20(14,18)2/h14-15,17-19H,4-13H2,1-3H3/t14-,15+,17+,18-,19+,20-,21+/m1/s1. The van der Waals surface area contributed by atoms with Crippen molar-refractivity contribution in [3.63, 3.8) is 0 Å². The Morgan fingerprint density at radius 1 is 0.955 bits per heavy atom. The van der Waals surface area contributed by atoms with Crippen molar-refractivity contribution in [2.45, 2.75) is 85.0 Å². The summed E-state index contributed by atoms with van der Waals surface area (Å²) in [6.07, 6.45) is 13.0. The van der Waals surface area contributed by atoms with E-state index in [1.54, 1.807) is 0 Å². The highest BCUT2D eigenvalue weighted by Gasteiger charge is 2.59. The summed E-state index contributed by atoms with van der Waals surface area (Å²) < 4.78 is 0. The number of hydrogen-bond donors (Lipinski definition) is 0. The summed E-state index contributed by atoms with van der Waals surface area (Å²) in [6, 6.07) is 0. The van der Waals surface area contributed by atoms with E-state index in [4.69, 9.17) is 0 Å². The Hall–Kier alpha value is -0.330. The van der Waals surface area contributed by atoms with E-state index >= 15 is 0 Å². The first-order valence-electron chi connectivity index (χ1n) is 10.0. The lowest BCUT2D eigenvalue weighted by Gasteiger charge is -2.60. The van der Waals surface area contributed by atoms with E-state index in [0.717, 1.165) is 36.5 Å². The van der Waals surface area contributed by atoms with Crippen LogP contribution in [-0.4, -0.2) is 5.78 Å². The van der Waals surface area contributed by atoms with Crippen molar-refractivity contribution in [2.75, 3.05) is 0 Å². The number of ketones is 1. The van der Waals surface area contributed by atoms with E-state index in [2.05, 4.69) is 20.8 Å². The zero-order valence-corrected chi connectivity index (χ0v) is 14.9. The van der Waals surface area contributed by atoms with Crippen LogP contribution in [0.15, 0.2) is 0 Å². The van der Waals surface area contributed by atoms with Gasteiger partial charge in [-0.15, -0.1) is 0 Å². The van der Waals surface area contributed by atoms with Gasteiger partial charge in [0.15, 0.2) is 0 Å². The van der Waals surface area contributed by atoms with Crippen molar-refractivity contribution in [1.82, 2.24) is 0 Å². The first-order chi connectivity index (χ1) is 10.5.